The molecule has 4 aromatic rings. The van der Waals surface area contributed by atoms with Gasteiger partial charge in [0, 0.05) is 36.2 Å². The van der Waals surface area contributed by atoms with Crippen molar-refractivity contribution in [3.05, 3.63) is 108 Å². The highest BCUT2D eigenvalue weighted by Crippen LogP contribution is 2.27. The molecular formula is C29H29N5O. The van der Waals surface area contributed by atoms with Crippen LogP contribution in [-0.4, -0.2) is 29.0 Å². The molecule has 1 fully saturated rings. The summed E-state index contributed by atoms with van der Waals surface area (Å²) in [6.07, 6.45) is 2.41. The quantitative estimate of drug-likeness (QED) is 0.357. The summed E-state index contributed by atoms with van der Waals surface area (Å²) in [5, 5.41) is 6.38. The van der Waals surface area contributed by atoms with E-state index in [-0.39, 0.29) is 11.8 Å². The normalized spacial score (nSPS) is 13.1. The maximum Gasteiger partial charge on any atom is 0.236 e. The Labute approximate surface area is 206 Å². The summed E-state index contributed by atoms with van der Waals surface area (Å²) >= 11 is 0. The van der Waals surface area contributed by atoms with Gasteiger partial charge in [0.15, 0.2) is 0 Å². The number of carbonyl (C=O) groups excluding carboxylic acids is 1. The number of anilines is 4. The van der Waals surface area contributed by atoms with E-state index in [9.17, 15) is 4.79 Å². The first-order valence-electron chi connectivity index (χ1n) is 12.0. The lowest BCUT2D eigenvalue weighted by atomic mass is 9.90. The van der Waals surface area contributed by atoms with E-state index in [1.165, 1.54) is 12.8 Å². The highest BCUT2D eigenvalue weighted by molar-refractivity contribution is 5.98. The molecule has 1 aliphatic rings. The van der Waals surface area contributed by atoms with E-state index in [1.54, 1.807) is 0 Å². The molecule has 6 heteroatoms. The SMILES string of the molecule is Cc1cc(N2CCCC2)nc(Nc2ccc(NC(=O)C(c3ccccc3)c3ccccc3)cc2)n1. The molecule has 0 atom stereocenters. The van der Waals surface area contributed by atoms with Gasteiger partial charge in [0.25, 0.3) is 0 Å². The molecule has 2 heterocycles. The molecule has 0 bridgehead atoms. The first-order valence-corrected chi connectivity index (χ1v) is 12.0. The minimum absolute atomic E-state index is 0.0691. The van der Waals surface area contributed by atoms with Crippen molar-refractivity contribution in [2.45, 2.75) is 25.7 Å². The lowest BCUT2D eigenvalue weighted by Gasteiger charge is -2.18. The predicted octanol–water partition coefficient (Wildman–Crippen LogP) is 5.90. The third kappa shape index (κ3) is 5.49. The van der Waals surface area contributed by atoms with Crippen molar-refractivity contribution in [2.75, 3.05) is 28.6 Å². The molecule has 0 radical (unpaired) electrons. The van der Waals surface area contributed by atoms with Crippen molar-refractivity contribution in [2.24, 2.45) is 0 Å². The molecular weight excluding hydrogens is 434 g/mol. The fraction of sp³-hybridized carbons (Fsp3) is 0.207. The van der Waals surface area contributed by atoms with Crippen LogP contribution in [0.15, 0.2) is 91.0 Å². The summed E-state index contributed by atoms with van der Waals surface area (Å²) in [5.41, 5.74) is 4.45. The van der Waals surface area contributed by atoms with E-state index >= 15 is 0 Å². The molecule has 0 spiro atoms. The van der Waals surface area contributed by atoms with E-state index in [2.05, 4.69) is 20.5 Å². The first kappa shape index (κ1) is 22.6. The second kappa shape index (κ2) is 10.4. The van der Waals surface area contributed by atoms with Crippen LogP contribution in [0.5, 0.6) is 0 Å². The Balaban J connectivity index is 1.30. The summed E-state index contributed by atoms with van der Waals surface area (Å²) in [4.78, 5) is 24.9. The molecule has 1 amide bonds. The van der Waals surface area contributed by atoms with Gasteiger partial charge in [-0.25, -0.2) is 4.98 Å². The number of aryl methyl sites for hydroxylation is 1. The Kier molecular flexibility index (Phi) is 6.70. The van der Waals surface area contributed by atoms with Crippen LogP contribution in [0.2, 0.25) is 0 Å². The average Bonchev–Trinajstić information content (AvgIpc) is 3.42. The fourth-order valence-corrected chi connectivity index (χ4v) is 4.48. The number of rotatable bonds is 7. The lowest BCUT2D eigenvalue weighted by molar-refractivity contribution is -0.116. The van der Waals surface area contributed by atoms with Gasteiger partial charge < -0.3 is 15.5 Å². The van der Waals surface area contributed by atoms with Gasteiger partial charge in [-0.2, -0.15) is 4.98 Å². The highest BCUT2D eigenvalue weighted by Gasteiger charge is 2.22. The van der Waals surface area contributed by atoms with Gasteiger partial charge in [-0.05, 0) is 55.2 Å². The van der Waals surface area contributed by atoms with E-state index in [0.29, 0.717) is 5.95 Å². The van der Waals surface area contributed by atoms with Crippen LogP contribution in [0, 0.1) is 6.92 Å². The molecule has 1 aromatic heterocycles. The van der Waals surface area contributed by atoms with Crippen LogP contribution < -0.4 is 15.5 Å². The zero-order valence-electron chi connectivity index (χ0n) is 19.8. The molecule has 1 saturated heterocycles. The molecule has 6 nitrogen and oxygen atoms in total. The maximum absolute atomic E-state index is 13.3. The van der Waals surface area contributed by atoms with Crippen molar-refractivity contribution in [1.29, 1.82) is 0 Å². The van der Waals surface area contributed by atoms with Gasteiger partial charge >= 0.3 is 0 Å². The number of benzene rings is 3. The van der Waals surface area contributed by atoms with Crippen LogP contribution in [-0.2, 0) is 4.79 Å². The maximum atomic E-state index is 13.3. The Hall–Kier alpha value is -4.19. The Morgan fingerprint density at radius 2 is 1.37 bits per heavy atom. The third-order valence-corrected chi connectivity index (χ3v) is 6.21. The number of hydrogen-bond donors (Lipinski definition) is 2. The molecule has 35 heavy (non-hydrogen) atoms. The van der Waals surface area contributed by atoms with Crippen molar-refractivity contribution < 1.29 is 4.79 Å². The second-order valence-electron chi connectivity index (χ2n) is 8.83. The van der Waals surface area contributed by atoms with Gasteiger partial charge in [0.1, 0.15) is 5.82 Å². The van der Waals surface area contributed by atoms with E-state index in [1.807, 2.05) is 97.9 Å². The molecule has 0 aliphatic carbocycles. The van der Waals surface area contributed by atoms with Crippen LogP contribution in [0.4, 0.5) is 23.1 Å². The number of nitrogens with zero attached hydrogens (tertiary/aromatic N) is 3. The van der Waals surface area contributed by atoms with Crippen LogP contribution in [0.25, 0.3) is 0 Å². The van der Waals surface area contributed by atoms with Crippen LogP contribution >= 0.6 is 0 Å². The van der Waals surface area contributed by atoms with Crippen molar-refractivity contribution >= 4 is 29.0 Å². The third-order valence-electron chi connectivity index (χ3n) is 6.21. The fourth-order valence-electron chi connectivity index (χ4n) is 4.48. The molecule has 0 unspecified atom stereocenters. The largest absolute Gasteiger partial charge is 0.356 e. The standard InChI is InChI=1S/C29H29N5O/c1-21-20-26(34-18-8-9-19-34)33-29(30-21)32-25-16-14-24(15-17-25)31-28(35)27(22-10-4-2-5-11-22)23-12-6-3-7-13-23/h2-7,10-17,20,27H,8-9,18-19H2,1H3,(H,31,35)(H,30,32,33). The molecule has 5 rings (SSSR count). The van der Waals surface area contributed by atoms with Gasteiger partial charge in [-0.1, -0.05) is 60.7 Å². The molecule has 2 N–H and O–H groups in total. The van der Waals surface area contributed by atoms with E-state index < -0.39 is 0 Å². The van der Waals surface area contributed by atoms with Gasteiger partial charge in [0.2, 0.25) is 11.9 Å². The van der Waals surface area contributed by atoms with E-state index in [0.717, 1.165) is 47.1 Å². The summed E-state index contributed by atoms with van der Waals surface area (Å²) in [5.74, 6) is 1.09. The molecule has 3 aromatic carbocycles. The zero-order chi connectivity index (χ0) is 24.0. The molecule has 176 valence electrons. The summed E-state index contributed by atoms with van der Waals surface area (Å²) in [6.45, 7) is 4.06. The first-order chi connectivity index (χ1) is 17.2. The number of amides is 1. The topological polar surface area (TPSA) is 70.2 Å². The van der Waals surface area contributed by atoms with E-state index in [4.69, 9.17) is 4.98 Å². The van der Waals surface area contributed by atoms with Gasteiger partial charge in [-0.3, -0.25) is 4.79 Å². The molecule has 1 aliphatic heterocycles. The Morgan fingerprint density at radius 3 is 1.97 bits per heavy atom. The predicted molar refractivity (Wildman–Crippen MR) is 141 cm³/mol. The van der Waals surface area contributed by atoms with Crippen LogP contribution in [0.3, 0.4) is 0 Å². The summed E-state index contributed by atoms with van der Waals surface area (Å²) < 4.78 is 0. The number of hydrogen-bond acceptors (Lipinski definition) is 5. The molecule has 0 saturated carbocycles. The monoisotopic (exact) mass is 463 g/mol. The van der Waals surface area contributed by atoms with Crippen molar-refractivity contribution in [3.63, 3.8) is 0 Å². The minimum atomic E-state index is -0.389. The van der Waals surface area contributed by atoms with Gasteiger partial charge in [-0.15, -0.1) is 0 Å². The zero-order valence-corrected chi connectivity index (χ0v) is 19.8. The second-order valence-corrected chi connectivity index (χ2v) is 8.83. The van der Waals surface area contributed by atoms with Gasteiger partial charge in [0.05, 0.1) is 5.92 Å². The minimum Gasteiger partial charge on any atom is -0.356 e. The number of carbonyl (C=O) groups is 1. The lowest BCUT2D eigenvalue weighted by Crippen LogP contribution is -2.22. The van der Waals surface area contributed by atoms with Crippen molar-refractivity contribution in [1.82, 2.24) is 9.97 Å². The number of aromatic nitrogens is 2. The van der Waals surface area contributed by atoms with Crippen molar-refractivity contribution in [3.8, 4) is 0 Å². The Bertz CT molecular complexity index is 1230. The Morgan fingerprint density at radius 1 is 0.800 bits per heavy atom. The summed E-state index contributed by atoms with van der Waals surface area (Å²) in [6, 6.07) is 29.4. The highest BCUT2D eigenvalue weighted by atomic mass is 16.1. The number of nitrogens with one attached hydrogen (secondary N) is 2. The van der Waals surface area contributed by atoms with Crippen LogP contribution in [0.1, 0.15) is 35.6 Å². The smallest absolute Gasteiger partial charge is 0.236 e. The summed E-state index contributed by atoms with van der Waals surface area (Å²) in [7, 11) is 0. The average molecular weight is 464 g/mol.